The fourth-order valence-electron chi connectivity index (χ4n) is 1.59. The minimum Gasteiger partial charge on any atom is -0.481 e. The lowest BCUT2D eigenvalue weighted by molar-refractivity contribution is -0.143. The van der Waals surface area contributed by atoms with E-state index in [4.69, 9.17) is 21.8 Å². The molecule has 0 aliphatic carbocycles. The SMILES string of the molecule is O=C(O)CC[C@H](NC(=O)Cc1ccccc1Cl)C(=O)O. The van der Waals surface area contributed by atoms with Crippen molar-refractivity contribution in [1.82, 2.24) is 5.32 Å². The maximum absolute atomic E-state index is 11.7. The van der Waals surface area contributed by atoms with Crippen molar-refractivity contribution in [2.45, 2.75) is 25.3 Å². The Bertz CT molecular complexity index is 517. The number of carboxylic acids is 2. The summed E-state index contributed by atoms with van der Waals surface area (Å²) in [6.45, 7) is 0. The number of carbonyl (C=O) groups is 3. The van der Waals surface area contributed by atoms with Gasteiger partial charge < -0.3 is 15.5 Å². The molecule has 0 aromatic heterocycles. The lowest BCUT2D eigenvalue weighted by Gasteiger charge is -2.13. The number of rotatable bonds is 7. The third-order valence-electron chi connectivity index (χ3n) is 2.59. The molecule has 108 valence electrons. The minimum absolute atomic E-state index is 0.0590. The van der Waals surface area contributed by atoms with Gasteiger partial charge in [-0.05, 0) is 18.1 Å². The summed E-state index contributed by atoms with van der Waals surface area (Å²) in [5.74, 6) is -2.90. The molecule has 1 aromatic carbocycles. The van der Waals surface area contributed by atoms with E-state index < -0.39 is 23.9 Å². The zero-order valence-electron chi connectivity index (χ0n) is 10.5. The molecule has 0 aliphatic heterocycles. The number of benzene rings is 1. The number of hydrogen-bond donors (Lipinski definition) is 3. The molecule has 0 radical (unpaired) electrons. The highest BCUT2D eigenvalue weighted by Gasteiger charge is 2.21. The Balaban J connectivity index is 2.60. The summed E-state index contributed by atoms with van der Waals surface area (Å²) in [6, 6.07) is 5.50. The molecule has 0 fully saturated rings. The summed E-state index contributed by atoms with van der Waals surface area (Å²) >= 11 is 5.90. The molecule has 0 heterocycles. The van der Waals surface area contributed by atoms with E-state index in [1.807, 2.05) is 0 Å². The first-order chi connectivity index (χ1) is 9.40. The van der Waals surface area contributed by atoms with Crippen LogP contribution in [-0.4, -0.2) is 34.1 Å². The lowest BCUT2D eigenvalue weighted by atomic mass is 10.1. The van der Waals surface area contributed by atoms with Gasteiger partial charge in [-0.15, -0.1) is 0 Å². The third-order valence-corrected chi connectivity index (χ3v) is 2.96. The average Bonchev–Trinajstić information content (AvgIpc) is 2.36. The van der Waals surface area contributed by atoms with Gasteiger partial charge in [0.25, 0.3) is 0 Å². The Labute approximate surface area is 120 Å². The molecule has 0 bridgehead atoms. The Morgan fingerprint density at radius 3 is 2.40 bits per heavy atom. The molecule has 1 rings (SSSR count). The molecule has 0 spiro atoms. The quantitative estimate of drug-likeness (QED) is 0.704. The standard InChI is InChI=1S/C13H14ClNO5/c14-9-4-2-1-3-8(9)7-11(16)15-10(13(19)20)5-6-12(17)18/h1-4,10H,5-7H2,(H,15,16)(H,17,18)(H,19,20)/t10-/m0/s1. The molecular weight excluding hydrogens is 286 g/mol. The minimum atomic E-state index is -1.27. The largest absolute Gasteiger partial charge is 0.481 e. The van der Waals surface area contributed by atoms with Crippen molar-refractivity contribution in [1.29, 1.82) is 0 Å². The van der Waals surface area contributed by atoms with E-state index >= 15 is 0 Å². The first-order valence-electron chi connectivity index (χ1n) is 5.87. The number of aliphatic carboxylic acids is 2. The van der Waals surface area contributed by atoms with Gasteiger partial charge in [-0.2, -0.15) is 0 Å². The summed E-state index contributed by atoms with van der Waals surface area (Å²) in [5.41, 5.74) is 0.578. The molecule has 1 aromatic rings. The van der Waals surface area contributed by atoms with Gasteiger partial charge in [0.2, 0.25) is 5.91 Å². The zero-order valence-corrected chi connectivity index (χ0v) is 11.3. The normalized spacial score (nSPS) is 11.7. The lowest BCUT2D eigenvalue weighted by Crippen LogP contribution is -2.41. The van der Waals surface area contributed by atoms with Crippen LogP contribution in [0.4, 0.5) is 0 Å². The van der Waals surface area contributed by atoms with Crippen LogP contribution >= 0.6 is 11.6 Å². The van der Waals surface area contributed by atoms with Crippen LogP contribution in [0.3, 0.4) is 0 Å². The summed E-state index contributed by atoms with van der Waals surface area (Å²) < 4.78 is 0. The predicted molar refractivity (Wildman–Crippen MR) is 71.6 cm³/mol. The first-order valence-corrected chi connectivity index (χ1v) is 6.25. The monoisotopic (exact) mass is 299 g/mol. The fourth-order valence-corrected chi connectivity index (χ4v) is 1.79. The second kappa shape index (κ2) is 7.49. The van der Waals surface area contributed by atoms with Gasteiger partial charge >= 0.3 is 11.9 Å². The second-order valence-electron chi connectivity index (χ2n) is 4.16. The van der Waals surface area contributed by atoms with Gasteiger partial charge in [0.05, 0.1) is 6.42 Å². The zero-order chi connectivity index (χ0) is 15.1. The molecule has 0 saturated heterocycles. The van der Waals surface area contributed by atoms with Crippen molar-refractivity contribution in [3.63, 3.8) is 0 Å². The summed E-state index contributed by atoms with van der Waals surface area (Å²) in [5, 5.41) is 20.2. The first kappa shape index (κ1) is 16.0. The maximum atomic E-state index is 11.7. The Hall–Kier alpha value is -2.08. The summed E-state index contributed by atoms with van der Waals surface area (Å²) in [4.78, 5) is 33.1. The van der Waals surface area contributed by atoms with Gasteiger partial charge in [-0.1, -0.05) is 29.8 Å². The van der Waals surface area contributed by atoms with Crippen LogP contribution in [0.2, 0.25) is 5.02 Å². The van der Waals surface area contributed by atoms with Gasteiger partial charge in [0, 0.05) is 11.4 Å². The summed E-state index contributed by atoms with van der Waals surface area (Å²) in [7, 11) is 0. The van der Waals surface area contributed by atoms with E-state index in [1.165, 1.54) is 0 Å². The highest BCUT2D eigenvalue weighted by molar-refractivity contribution is 6.31. The number of nitrogens with one attached hydrogen (secondary N) is 1. The number of carboxylic acid groups (broad SMARTS) is 2. The summed E-state index contributed by atoms with van der Waals surface area (Å²) in [6.07, 6.45) is -0.557. The van der Waals surface area contributed by atoms with Crippen molar-refractivity contribution in [3.8, 4) is 0 Å². The van der Waals surface area contributed by atoms with E-state index in [0.29, 0.717) is 10.6 Å². The van der Waals surface area contributed by atoms with Gasteiger partial charge in [0.1, 0.15) is 6.04 Å². The van der Waals surface area contributed by atoms with E-state index in [1.54, 1.807) is 24.3 Å². The highest BCUT2D eigenvalue weighted by Crippen LogP contribution is 2.15. The van der Waals surface area contributed by atoms with Crippen molar-refractivity contribution < 1.29 is 24.6 Å². The van der Waals surface area contributed by atoms with Crippen LogP contribution in [0, 0.1) is 0 Å². The molecular formula is C13H14ClNO5. The number of carbonyl (C=O) groups excluding carboxylic acids is 1. The fraction of sp³-hybridized carbons (Fsp3) is 0.308. The Kier molecular flexibility index (Phi) is 5.99. The van der Waals surface area contributed by atoms with Crippen LogP contribution in [0.1, 0.15) is 18.4 Å². The Morgan fingerprint density at radius 1 is 1.20 bits per heavy atom. The van der Waals surface area contributed by atoms with E-state index in [2.05, 4.69) is 5.32 Å². The van der Waals surface area contributed by atoms with Crippen molar-refractivity contribution in [2.24, 2.45) is 0 Å². The van der Waals surface area contributed by atoms with Gasteiger partial charge in [-0.3, -0.25) is 9.59 Å². The number of hydrogen-bond acceptors (Lipinski definition) is 3. The molecule has 7 heteroatoms. The maximum Gasteiger partial charge on any atom is 0.326 e. The molecule has 6 nitrogen and oxygen atoms in total. The van der Waals surface area contributed by atoms with Gasteiger partial charge in [-0.25, -0.2) is 4.79 Å². The molecule has 0 saturated carbocycles. The molecule has 0 aliphatic rings. The predicted octanol–water partition coefficient (Wildman–Crippen LogP) is 1.32. The molecule has 3 N–H and O–H groups in total. The number of amides is 1. The second-order valence-corrected chi connectivity index (χ2v) is 4.57. The van der Waals surface area contributed by atoms with Crippen LogP contribution < -0.4 is 5.32 Å². The third kappa shape index (κ3) is 5.27. The van der Waals surface area contributed by atoms with Crippen LogP contribution in [0.15, 0.2) is 24.3 Å². The molecule has 1 amide bonds. The highest BCUT2D eigenvalue weighted by atomic mass is 35.5. The Morgan fingerprint density at radius 2 is 1.85 bits per heavy atom. The van der Waals surface area contributed by atoms with E-state index in [0.717, 1.165) is 0 Å². The topological polar surface area (TPSA) is 104 Å². The van der Waals surface area contributed by atoms with Crippen molar-refractivity contribution >= 4 is 29.4 Å². The van der Waals surface area contributed by atoms with Crippen LogP contribution in [0.5, 0.6) is 0 Å². The van der Waals surface area contributed by atoms with Crippen LogP contribution in [0.25, 0.3) is 0 Å². The van der Waals surface area contributed by atoms with Crippen molar-refractivity contribution in [2.75, 3.05) is 0 Å². The van der Waals surface area contributed by atoms with Gasteiger partial charge in [0.15, 0.2) is 0 Å². The van der Waals surface area contributed by atoms with Crippen molar-refractivity contribution in [3.05, 3.63) is 34.9 Å². The number of halogens is 1. The van der Waals surface area contributed by atoms with E-state index in [9.17, 15) is 14.4 Å². The average molecular weight is 300 g/mol. The molecule has 0 unspecified atom stereocenters. The van der Waals surface area contributed by atoms with Crippen LogP contribution in [-0.2, 0) is 20.8 Å². The molecule has 1 atom stereocenters. The molecule has 20 heavy (non-hydrogen) atoms. The smallest absolute Gasteiger partial charge is 0.326 e. The van der Waals surface area contributed by atoms with E-state index in [-0.39, 0.29) is 19.3 Å².